The number of rotatable bonds is 2. The van der Waals surface area contributed by atoms with Gasteiger partial charge in [0.1, 0.15) is 5.82 Å². The van der Waals surface area contributed by atoms with Crippen molar-refractivity contribution in [3.8, 4) is 0 Å². The molecule has 20 heavy (non-hydrogen) atoms. The Balaban J connectivity index is 1.79. The molecule has 0 saturated carbocycles. The van der Waals surface area contributed by atoms with E-state index < -0.39 is 6.10 Å². The second kappa shape index (κ2) is 5.43. The van der Waals surface area contributed by atoms with Crippen molar-refractivity contribution in [2.75, 3.05) is 19.8 Å². The highest BCUT2D eigenvalue weighted by Gasteiger charge is 2.43. The molecule has 0 bridgehead atoms. The topological polar surface area (TPSA) is 38.7 Å². The van der Waals surface area contributed by atoms with Gasteiger partial charge in [0.05, 0.1) is 18.3 Å². The Labute approximate surface area is 118 Å². The average molecular weight is 280 g/mol. The van der Waals surface area contributed by atoms with Crippen LogP contribution in [0.2, 0.25) is 0 Å². The van der Waals surface area contributed by atoms with Crippen LogP contribution in [0.1, 0.15) is 36.5 Å². The van der Waals surface area contributed by atoms with E-state index in [4.69, 9.17) is 9.47 Å². The zero-order valence-corrected chi connectivity index (χ0v) is 11.8. The summed E-state index contributed by atoms with van der Waals surface area (Å²) in [6.45, 7) is 3.88. The molecule has 1 N–H and O–H groups in total. The minimum Gasteiger partial charge on any atom is -0.388 e. The van der Waals surface area contributed by atoms with Gasteiger partial charge in [0.25, 0.3) is 0 Å². The lowest BCUT2D eigenvalue weighted by Gasteiger charge is -2.39. The highest BCUT2D eigenvalue weighted by atomic mass is 19.1. The van der Waals surface area contributed by atoms with Crippen molar-refractivity contribution in [2.45, 2.75) is 37.9 Å². The van der Waals surface area contributed by atoms with Crippen molar-refractivity contribution in [1.82, 2.24) is 0 Å². The van der Waals surface area contributed by atoms with Gasteiger partial charge in [0.2, 0.25) is 0 Å². The molecular weight excluding hydrogens is 259 g/mol. The molecule has 3 atom stereocenters. The largest absolute Gasteiger partial charge is 0.388 e. The molecule has 0 aromatic heterocycles. The first kappa shape index (κ1) is 14.0. The van der Waals surface area contributed by atoms with E-state index in [1.54, 1.807) is 6.07 Å². The van der Waals surface area contributed by atoms with Gasteiger partial charge in [0, 0.05) is 19.6 Å². The number of hydrogen-bond donors (Lipinski definition) is 1. The summed E-state index contributed by atoms with van der Waals surface area (Å²) in [5, 5.41) is 10.6. The summed E-state index contributed by atoms with van der Waals surface area (Å²) in [6.07, 6.45) is 1.84. The van der Waals surface area contributed by atoms with Crippen molar-refractivity contribution < 1.29 is 19.0 Å². The fourth-order valence-corrected chi connectivity index (χ4v) is 3.38. The second-order valence-electron chi connectivity index (χ2n) is 6.03. The zero-order valence-electron chi connectivity index (χ0n) is 11.8. The van der Waals surface area contributed by atoms with E-state index in [-0.39, 0.29) is 17.3 Å². The van der Waals surface area contributed by atoms with Crippen LogP contribution in [0, 0.1) is 18.7 Å². The van der Waals surface area contributed by atoms with Crippen LogP contribution in [0.5, 0.6) is 0 Å². The molecule has 3 nitrogen and oxygen atoms in total. The number of aliphatic hydroxyl groups is 1. The van der Waals surface area contributed by atoms with Gasteiger partial charge in [0.15, 0.2) is 0 Å². The summed E-state index contributed by atoms with van der Waals surface area (Å²) in [7, 11) is 0. The van der Waals surface area contributed by atoms with Crippen LogP contribution >= 0.6 is 0 Å². The maximum absolute atomic E-state index is 13.4. The monoisotopic (exact) mass is 280 g/mol. The van der Waals surface area contributed by atoms with Crippen LogP contribution in [0.25, 0.3) is 0 Å². The van der Waals surface area contributed by atoms with Crippen LogP contribution < -0.4 is 0 Å². The third kappa shape index (κ3) is 2.60. The van der Waals surface area contributed by atoms with Gasteiger partial charge in [-0.1, -0.05) is 6.07 Å². The quantitative estimate of drug-likeness (QED) is 0.905. The molecule has 1 aromatic carbocycles. The first-order valence-corrected chi connectivity index (χ1v) is 7.25. The minimum atomic E-state index is -0.632. The molecule has 2 fully saturated rings. The van der Waals surface area contributed by atoms with Gasteiger partial charge >= 0.3 is 0 Å². The molecule has 110 valence electrons. The van der Waals surface area contributed by atoms with E-state index >= 15 is 0 Å². The molecule has 2 heterocycles. The summed E-state index contributed by atoms with van der Waals surface area (Å²) in [4.78, 5) is 0. The van der Waals surface area contributed by atoms with Crippen LogP contribution in [-0.4, -0.2) is 30.5 Å². The average Bonchev–Trinajstić information content (AvgIpc) is 2.88. The van der Waals surface area contributed by atoms with Crippen LogP contribution in [0.4, 0.5) is 4.39 Å². The molecule has 0 amide bonds. The number of benzene rings is 1. The molecule has 1 spiro atoms. The molecule has 1 aromatic rings. The highest BCUT2D eigenvalue weighted by Crippen LogP contribution is 2.41. The molecule has 3 unspecified atom stereocenters. The summed E-state index contributed by atoms with van der Waals surface area (Å²) in [6, 6.07) is 4.61. The van der Waals surface area contributed by atoms with Gasteiger partial charge < -0.3 is 14.6 Å². The van der Waals surface area contributed by atoms with Crippen LogP contribution in [-0.2, 0) is 9.47 Å². The maximum atomic E-state index is 13.4. The fraction of sp³-hybridized carbons (Fsp3) is 0.625. The predicted octanol–water partition coefficient (Wildman–Crippen LogP) is 2.75. The number of halogens is 1. The Bertz CT molecular complexity index is 483. The van der Waals surface area contributed by atoms with Crippen molar-refractivity contribution in [1.29, 1.82) is 0 Å². The Morgan fingerprint density at radius 2 is 2.25 bits per heavy atom. The van der Waals surface area contributed by atoms with Crippen molar-refractivity contribution in [3.63, 3.8) is 0 Å². The number of aryl methyl sites for hydroxylation is 1. The standard InChI is InChI=1S/C16H21FO3/c1-11-2-3-13(17)8-14(11)15(18)12-4-6-20-16(9-12)5-7-19-10-16/h2-3,8,12,15,18H,4-7,9-10H2,1H3. The summed E-state index contributed by atoms with van der Waals surface area (Å²) >= 11 is 0. The predicted molar refractivity (Wildman–Crippen MR) is 72.9 cm³/mol. The van der Waals surface area contributed by atoms with E-state index in [9.17, 15) is 9.50 Å². The van der Waals surface area contributed by atoms with E-state index in [0.29, 0.717) is 18.8 Å². The zero-order chi connectivity index (χ0) is 14.2. The van der Waals surface area contributed by atoms with E-state index in [1.807, 2.05) is 6.92 Å². The minimum absolute atomic E-state index is 0.103. The summed E-state index contributed by atoms with van der Waals surface area (Å²) in [5.41, 5.74) is 1.40. The molecule has 2 aliphatic rings. The summed E-state index contributed by atoms with van der Waals surface area (Å²) in [5.74, 6) is -0.193. The third-order valence-electron chi connectivity index (χ3n) is 4.60. The Morgan fingerprint density at radius 3 is 3.00 bits per heavy atom. The SMILES string of the molecule is Cc1ccc(F)cc1C(O)C1CCOC2(CCOC2)C1. The third-order valence-corrected chi connectivity index (χ3v) is 4.60. The molecular formula is C16H21FO3. The maximum Gasteiger partial charge on any atom is 0.123 e. The molecule has 0 radical (unpaired) electrons. The van der Waals surface area contributed by atoms with Crippen molar-refractivity contribution in [3.05, 3.63) is 35.1 Å². The number of aliphatic hydroxyl groups excluding tert-OH is 1. The van der Waals surface area contributed by atoms with Gasteiger partial charge in [-0.3, -0.25) is 0 Å². The molecule has 3 rings (SSSR count). The molecule has 0 aliphatic carbocycles. The van der Waals surface area contributed by atoms with E-state index in [0.717, 1.165) is 31.4 Å². The second-order valence-corrected chi connectivity index (χ2v) is 6.03. The lowest BCUT2D eigenvalue weighted by atomic mass is 9.79. The van der Waals surface area contributed by atoms with Gasteiger partial charge in [-0.2, -0.15) is 0 Å². The van der Waals surface area contributed by atoms with Gasteiger partial charge in [-0.25, -0.2) is 4.39 Å². The number of hydrogen-bond acceptors (Lipinski definition) is 3. The Hall–Kier alpha value is -0.970. The Morgan fingerprint density at radius 1 is 1.40 bits per heavy atom. The smallest absolute Gasteiger partial charge is 0.123 e. The molecule has 2 saturated heterocycles. The molecule has 4 heteroatoms. The Kier molecular flexibility index (Phi) is 3.80. The normalized spacial score (nSPS) is 31.6. The van der Waals surface area contributed by atoms with Gasteiger partial charge in [-0.15, -0.1) is 0 Å². The van der Waals surface area contributed by atoms with Crippen LogP contribution in [0.15, 0.2) is 18.2 Å². The van der Waals surface area contributed by atoms with Crippen LogP contribution in [0.3, 0.4) is 0 Å². The van der Waals surface area contributed by atoms with E-state index in [1.165, 1.54) is 12.1 Å². The highest BCUT2D eigenvalue weighted by molar-refractivity contribution is 5.29. The van der Waals surface area contributed by atoms with Gasteiger partial charge in [-0.05, 0) is 48.9 Å². The van der Waals surface area contributed by atoms with Crippen molar-refractivity contribution >= 4 is 0 Å². The van der Waals surface area contributed by atoms with E-state index in [2.05, 4.69) is 0 Å². The summed E-state index contributed by atoms with van der Waals surface area (Å²) < 4.78 is 24.7. The number of ether oxygens (including phenoxy) is 2. The fourth-order valence-electron chi connectivity index (χ4n) is 3.38. The first-order valence-electron chi connectivity index (χ1n) is 7.25. The van der Waals surface area contributed by atoms with Crippen molar-refractivity contribution in [2.24, 2.45) is 5.92 Å². The molecule has 2 aliphatic heterocycles. The lowest BCUT2D eigenvalue weighted by Crippen LogP contribution is -2.42. The first-order chi connectivity index (χ1) is 9.60. The lowest BCUT2D eigenvalue weighted by molar-refractivity contribution is -0.117.